The van der Waals surface area contributed by atoms with Gasteiger partial charge in [-0.2, -0.15) is 4.98 Å². The first-order chi connectivity index (χ1) is 8.01. The first kappa shape index (κ1) is 12.6. The molecule has 4 heteroatoms. The largest absolute Gasteiger partial charge is 0.339 e. The van der Waals surface area contributed by atoms with Crippen LogP contribution in [0.15, 0.2) is 4.52 Å². The van der Waals surface area contributed by atoms with E-state index in [2.05, 4.69) is 24.0 Å². The predicted octanol–water partition coefficient (Wildman–Crippen LogP) is 2.74. The maximum atomic E-state index is 5.74. The van der Waals surface area contributed by atoms with E-state index in [1.54, 1.807) is 0 Å². The van der Waals surface area contributed by atoms with E-state index >= 15 is 0 Å². The molecule has 1 aromatic heterocycles. The molecule has 1 aliphatic rings. The summed E-state index contributed by atoms with van der Waals surface area (Å²) in [7, 11) is 0. The molecule has 0 aliphatic heterocycles. The van der Waals surface area contributed by atoms with Crippen molar-refractivity contribution in [3.63, 3.8) is 0 Å². The molecule has 0 saturated heterocycles. The van der Waals surface area contributed by atoms with Gasteiger partial charge in [-0.15, -0.1) is 0 Å². The minimum atomic E-state index is 0.202. The van der Waals surface area contributed by atoms with Gasteiger partial charge in [-0.05, 0) is 32.6 Å². The fourth-order valence-electron chi connectivity index (χ4n) is 1.96. The maximum Gasteiger partial charge on any atom is 0.229 e. The van der Waals surface area contributed by atoms with Crippen molar-refractivity contribution in [1.29, 1.82) is 0 Å². The third-order valence-corrected chi connectivity index (χ3v) is 3.70. The lowest BCUT2D eigenvalue weighted by atomic mass is 10.0. The summed E-state index contributed by atoms with van der Waals surface area (Å²) in [6.07, 6.45) is 5.62. The molecule has 1 heterocycles. The molecule has 17 heavy (non-hydrogen) atoms. The molecule has 1 saturated carbocycles. The summed E-state index contributed by atoms with van der Waals surface area (Å²) in [6, 6.07) is 0.283. The quantitative estimate of drug-likeness (QED) is 0.826. The average Bonchev–Trinajstić information content (AvgIpc) is 2.83. The van der Waals surface area contributed by atoms with Gasteiger partial charge in [-0.25, -0.2) is 0 Å². The van der Waals surface area contributed by atoms with Crippen LogP contribution in [-0.2, 0) is 5.41 Å². The van der Waals surface area contributed by atoms with E-state index in [1.807, 2.05) is 6.92 Å². The standard InChI is InChI=1S/C13H23N3O/c1-9(5-4-6-10(2)14)11-15-12(16-17-11)13(3)7-8-13/h9-10H,4-8,14H2,1-3H3. The Hall–Kier alpha value is -0.900. The highest BCUT2D eigenvalue weighted by Crippen LogP contribution is 2.46. The average molecular weight is 237 g/mol. The summed E-state index contributed by atoms with van der Waals surface area (Å²) in [5, 5.41) is 4.10. The molecule has 1 aliphatic carbocycles. The van der Waals surface area contributed by atoms with Gasteiger partial charge in [-0.3, -0.25) is 0 Å². The number of aromatic nitrogens is 2. The Kier molecular flexibility index (Phi) is 3.52. The molecule has 2 unspecified atom stereocenters. The SMILES string of the molecule is CC(N)CCCC(C)c1nc(C2(C)CC2)no1. The molecule has 2 rings (SSSR count). The number of hydrogen-bond donors (Lipinski definition) is 1. The van der Waals surface area contributed by atoms with E-state index in [0.29, 0.717) is 5.92 Å². The van der Waals surface area contributed by atoms with Gasteiger partial charge in [0.1, 0.15) is 0 Å². The predicted molar refractivity (Wildman–Crippen MR) is 66.8 cm³/mol. The second-order valence-electron chi connectivity index (χ2n) is 5.83. The summed E-state index contributed by atoms with van der Waals surface area (Å²) in [6.45, 7) is 6.39. The first-order valence-electron chi connectivity index (χ1n) is 6.61. The molecular weight excluding hydrogens is 214 g/mol. The van der Waals surface area contributed by atoms with E-state index < -0.39 is 0 Å². The molecule has 4 nitrogen and oxygen atoms in total. The molecule has 2 atom stereocenters. The van der Waals surface area contributed by atoms with Crippen LogP contribution in [0.4, 0.5) is 0 Å². The smallest absolute Gasteiger partial charge is 0.229 e. The van der Waals surface area contributed by atoms with Crippen molar-refractivity contribution in [1.82, 2.24) is 10.1 Å². The van der Waals surface area contributed by atoms with Crippen molar-refractivity contribution in [2.75, 3.05) is 0 Å². The molecule has 96 valence electrons. The van der Waals surface area contributed by atoms with E-state index in [1.165, 1.54) is 12.8 Å². The van der Waals surface area contributed by atoms with Crippen molar-refractivity contribution >= 4 is 0 Å². The summed E-state index contributed by atoms with van der Waals surface area (Å²) in [4.78, 5) is 4.53. The molecule has 1 fully saturated rings. The van der Waals surface area contributed by atoms with Gasteiger partial charge in [0, 0.05) is 17.4 Å². The van der Waals surface area contributed by atoms with E-state index in [0.717, 1.165) is 31.0 Å². The summed E-state index contributed by atoms with van der Waals surface area (Å²) in [5.74, 6) is 2.03. The molecule has 2 N–H and O–H groups in total. The maximum absolute atomic E-state index is 5.74. The number of hydrogen-bond acceptors (Lipinski definition) is 4. The molecule has 0 amide bonds. The van der Waals surface area contributed by atoms with Gasteiger partial charge in [0.25, 0.3) is 0 Å². The molecule has 1 aromatic rings. The lowest BCUT2D eigenvalue weighted by molar-refractivity contribution is 0.343. The van der Waals surface area contributed by atoms with Crippen LogP contribution >= 0.6 is 0 Å². The monoisotopic (exact) mass is 237 g/mol. The summed E-state index contributed by atoms with van der Waals surface area (Å²) >= 11 is 0. The zero-order valence-corrected chi connectivity index (χ0v) is 11.1. The highest BCUT2D eigenvalue weighted by Gasteiger charge is 2.43. The number of nitrogens with zero attached hydrogens (tertiary/aromatic N) is 2. The minimum Gasteiger partial charge on any atom is -0.339 e. The van der Waals surface area contributed by atoms with Crippen LogP contribution in [-0.4, -0.2) is 16.2 Å². The van der Waals surface area contributed by atoms with E-state index in [9.17, 15) is 0 Å². The van der Waals surface area contributed by atoms with Crippen LogP contribution in [0.25, 0.3) is 0 Å². The zero-order valence-electron chi connectivity index (χ0n) is 11.1. The van der Waals surface area contributed by atoms with Crippen LogP contribution in [0, 0.1) is 0 Å². The molecule has 0 bridgehead atoms. The molecule has 0 radical (unpaired) electrons. The fraction of sp³-hybridized carbons (Fsp3) is 0.846. The van der Waals surface area contributed by atoms with Crippen LogP contribution in [0.3, 0.4) is 0 Å². The summed E-state index contributed by atoms with van der Waals surface area (Å²) < 4.78 is 5.36. The van der Waals surface area contributed by atoms with Gasteiger partial charge < -0.3 is 10.3 Å². The zero-order chi connectivity index (χ0) is 12.5. The Morgan fingerprint density at radius 1 is 1.35 bits per heavy atom. The van der Waals surface area contributed by atoms with Crippen molar-refractivity contribution in [2.45, 2.75) is 70.3 Å². The molecular formula is C13H23N3O. The Balaban J connectivity index is 1.86. The van der Waals surface area contributed by atoms with E-state index in [-0.39, 0.29) is 11.5 Å². The second kappa shape index (κ2) is 4.77. The molecule has 0 spiro atoms. The van der Waals surface area contributed by atoms with Crippen LogP contribution in [0.5, 0.6) is 0 Å². The van der Waals surface area contributed by atoms with Crippen LogP contribution in [0.1, 0.15) is 70.5 Å². The minimum absolute atomic E-state index is 0.202. The highest BCUT2D eigenvalue weighted by atomic mass is 16.5. The van der Waals surface area contributed by atoms with Gasteiger partial charge in [-0.1, -0.05) is 25.4 Å². The van der Waals surface area contributed by atoms with Crippen molar-refractivity contribution < 1.29 is 4.52 Å². The normalized spacial score (nSPS) is 21.2. The Labute approximate surface area is 103 Å². The molecule has 0 aromatic carbocycles. The second-order valence-corrected chi connectivity index (χ2v) is 5.83. The topological polar surface area (TPSA) is 64.9 Å². The first-order valence-corrected chi connectivity index (χ1v) is 6.61. The Bertz CT molecular complexity index is 368. The highest BCUT2D eigenvalue weighted by molar-refractivity contribution is 5.14. The van der Waals surface area contributed by atoms with Gasteiger partial charge in [0.15, 0.2) is 5.82 Å². The Morgan fingerprint density at radius 2 is 2.06 bits per heavy atom. The van der Waals surface area contributed by atoms with Crippen molar-refractivity contribution in [3.8, 4) is 0 Å². The van der Waals surface area contributed by atoms with Crippen LogP contribution in [0.2, 0.25) is 0 Å². The van der Waals surface area contributed by atoms with Gasteiger partial charge >= 0.3 is 0 Å². The third kappa shape index (κ3) is 3.06. The van der Waals surface area contributed by atoms with Crippen molar-refractivity contribution in [2.24, 2.45) is 5.73 Å². The van der Waals surface area contributed by atoms with Gasteiger partial charge in [0.05, 0.1) is 0 Å². The number of rotatable bonds is 6. The number of nitrogens with two attached hydrogens (primary N) is 1. The summed E-state index contributed by atoms with van der Waals surface area (Å²) in [5.41, 5.74) is 5.94. The van der Waals surface area contributed by atoms with Gasteiger partial charge in [0.2, 0.25) is 5.89 Å². The van der Waals surface area contributed by atoms with E-state index in [4.69, 9.17) is 10.3 Å². The third-order valence-electron chi connectivity index (χ3n) is 3.70. The van der Waals surface area contributed by atoms with Crippen LogP contribution < -0.4 is 5.73 Å². The van der Waals surface area contributed by atoms with Crippen molar-refractivity contribution in [3.05, 3.63) is 11.7 Å². The lowest BCUT2D eigenvalue weighted by Gasteiger charge is -2.07. The Morgan fingerprint density at radius 3 is 2.65 bits per heavy atom. The fourth-order valence-corrected chi connectivity index (χ4v) is 1.96. The lowest BCUT2D eigenvalue weighted by Crippen LogP contribution is -2.14.